The molecule has 1 aliphatic heterocycles. The first-order chi connectivity index (χ1) is 9.61. The average Bonchev–Trinajstić information content (AvgIpc) is 2.43. The number of rotatable bonds is 5. The summed E-state index contributed by atoms with van der Waals surface area (Å²) in [5.74, 6) is 1.96. The van der Waals surface area contributed by atoms with Gasteiger partial charge < -0.3 is 10.2 Å². The van der Waals surface area contributed by atoms with Crippen LogP contribution in [-0.2, 0) is 0 Å². The lowest BCUT2D eigenvalue weighted by Gasteiger charge is -2.42. The first-order valence-corrected chi connectivity index (χ1v) is 8.64. The number of hydrogen-bond donors (Lipinski definition) is 2. The highest BCUT2D eigenvalue weighted by Crippen LogP contribution is 2.35. The van der Waals surface area contributed by atoms with E-state index in [1.165, 1.54) is 32.1 Å². The molecule has 118 valence electrons. The summed E-state index contributed by atoms with van der Waals surface area (Å²) in [4.78, 5) is 2.55. The molecular formula is C17H33NO2. The predicted molar refractivity (Wildman–Crippen MR) is 82.6 cm³/mol. The fourth-order valence-electron chi connectivity index (χ4n) is 4.16. The van der Waals surface area contributed by atoms with E-state index in [0.717, 1.165) is 37.8 Å². The summed E-state index contributed by atoms with van der Waals surface area (Å²) in [6, 6.07) is 0.542. The average molecular weight is 283 g/mol. The second kappa shape index (κ2) is 7.77. The molecule has 0 bridgehead atoms. The van der Waals surface area contributed by atoms with E-state index >= 15 is 0 Å². The SMILES string of the molecule is CC(C)C1CCC(O)C(CN2CCCCC2CCO)C1. The van der Waals surface area contributed by atoms with Crippen molar-refractivity contribution < 1.29 is 10.2 Å². The van der Waals surface area contributed by atoms with Gasteiger partial charge in [0, 0.05) is 19.2 Å². The number of aliphatic hydroxyl groups excluding tert-OH is 2. The van der Waals surface area contributed by atoms with Crippen molar-refractivity contribution in [2.45, 2.75) is 70.9 Å². The Morgan fingerprint density at radius 3 is 2.65 bits per heavy atom. The molecule has 1 saturated heterocycles. The van der Waals surface area contributed by atoms with Gasteiger partial charge in [0.05, 0.1) is 6.10 Å². The van der Waals surface area contributed by atoms with Crippen LogP contribution >= 0.6 is 0 Å². The number of nitrogens with zero attached hydrogens (tertiary/aromatic N) is 1. The maximum atomic E-state index is 10.3. The van der Waals surface area contributed by atoms with Crippen LogP contribution in [0.2, 0.25) is 0 Å². The maximum Gasteiger partial charge on any atom is 0.0580 e. The maximum absolute atomic E-state index is 10.3. The minimum Gasteiger partial charge on any atom is -0.396 e. The lowest BCUT2D eigenvalue weighted by Crippen LogP contribution is -2.46. The fraction of sp³-hybridized carbons (Fsp3) is 1.00. The Hall–Kier alpha value is -0.120. The highest BCUT2D eigenvalue weighted by molar-refractivity contribution is 4.86. The third-order valence-corrected chi connectivity index (χ3v) is 5.61. The number of piperidine rings is 1. The third-order valence-electron chi connectivity index (χ3n) is 5.61. The van der Waals surface area contributed by atoms with E-state index in [9.17, 15) is 10.2 Å². The van der Waals surface area contributed by atoms with Gasteiger partial charge in [-0.2, -0.15) is 0 Å². The van der Waals surface area contributed by atoms with Crippen LogP contribution < -0.4 is 0 Å². The molecule has 2 rings (SSSR count). The van der Waals surface area contributed by atoms with Crippen LogP contribution in [0.5, 0.6) is 0 Å². The molecule has 4 atom stereocenters. The molecule has 2 aliphatic rings. The van der Waals surface area contributed by atoms with Gasteiger partial charge in [0.1, 0.15) is 0 Å². The summed E-state index contributed by atoms with van der Waals surface area (Å²) in [6.45, 7) is 7.11. The van der Waals surface area contributed by atoms with Gasteiger partial charge in [0.15, 0.2) is 0 Å². The molecule has 2 fully saturated rings. The Labute approximate surface area is 124 Å². The molecule has 0 aromatic carbocycles. The number of aliphatic hydroxyl groups is 2. The lowest BCUT2D eigenvalue weighted by atomic mass is 9.74. The quantitative estimate of drug-likeness (QED) is 0.815. The van der Waals surface area contributed by atoms with Crippen molar-refractivity contribution in [2.24, 2.45) is 17.8 Å². The van der Waals surface area contributed by atoms with Crippen LogP contribution in [0.15, 0.2) is 0 Å². The molecule has 0 aromatic rings. The summed E-state index contributed by atoms with van der Waals surface area (Å²) >= 11 is 0. The van der Waals surface area contributed by atoms with Crippen LogP contribution in [0.4, 0.5) is 0 Å². The van der Waals surface area contributed by atoms with Crippen molar-refractivity contribution in [3.8, 4) is 0 Å². The number of likely N-dealkylation sites (tertiary alicyclic amines) is 1. The molecule has 0 spiro atoms. The van der Waals surface area contributed by atoms with Crippen LogP contribution in [0.3, 0.4) is 0 Å². The highest BCUT2D eigenvalue weighted by atomic mass is 16.3. The van der Waals surface area contributed by atoms with E-state index in [1.54, 1.807) is 0 Å². The highest BCUT2D eigenvalue weighted by Gasteiger charge is 2.33. The fourth-order valence-corrected chi connectivity index (χ4v) is 4.16. The Bertz CT molecular complexity index is 280. The summed E-state index contributed by atoms with van der Waals surface area (Å²) in [5.41, 5.74) is 0. The Kier molecular flexibility index (Phi) is 6.31. The second-order valence-electron chi connectivity index (χ2n) is 7.30. The third kappa shape index (κ3) is 4.19. The Morgan fingerprint density at radius 2 is 1.95 bits per heavy atom. The van der Waals surface area contributed by atoms with Crippen molar-refractivity contribution in [3.63, 3.8) is 0 Å². The van der Waals surface area contributed by atoms with Crippen LogP contribution in [0.1, 0.15) is 58.8 Å². The largest absolute Gasteiger partial charge is 0.396 e. The van der Waals surface area contributed by atoms with E-state index in [-0.39, 0.29) is 6.10 Å². The zero-order valence-corrected chi connectivity index (χ0v) is 13.3. The topological polar surface area (TPSA) is 43.7 Å². The molecule has 0 radical (unpaired) electrons. The van der Waals surface area contributed by atoms with Gasteiger partial charge in [-0.05, 0) is 62.8 Å². The van der Waals surface area contributed by atoms with Gasteiger partial charge in [0.25, 0.3) is 0 Å². The van der Waals surface area contributed by atoms with Crippen molar-refractivity contribution in [1.82, 2.24) is 4.90 Å². The van der Waals surface area contributed by atoms with E-state index in [4.69, 9.17) is 0 Å². The predicted octanol–water partition coefficient (Wildman–Crippen LogP) is 2.66. The van der Waals surface area contributed by atoms with Crippen molar-refractivity contribution in [2.75, 3.05) is 19.7 Å². The molecule has 0 aromatic heterocycles. The first-order valence-electron chi connectivity index (χ1n) is 8.64. The van der Waals surface area contributed by atoms with E-state index in [2.05, 4.69) is 18.7 Å². The molecule has 4 unspecified atom stereocenters. The van der Waals surface area contributed by atoms with Gasteiger partial charge in [-0.15, -0.1) is 0 Å². The first kappa shape index (κ1) is 16.3. The minimum atomic E-state index is -0.110. The molecule has 3 nitrogen and oxygen atoms in total. The summed E-state index contributed by atoms with van der Waals surface area (Å²) < 4.78 is 0. The minimum absolute atomic E-state index is 0.110. The lowest BCUT2D eigenvalue weighted by molar-refractivity contribution is 0.00169. The zero-order valence-electron chi connectivity index (χ0n) is 13.3. The zero-order chi connectivity index (χ0) is 14.5. The van der Waals surface area contributed by atoms with E-state index in [1.807, 2.05) is 0 Å². The standard InChI is InChI=1S/C17H33NO2/c1-13(2)14-6-7-17(20)15(11-14)12-18-9-4-3-5-16(18)8-10-19/h13-17,19-20H,3-12H2,1-2H3. The van der Waals surface area contributed by atoms with E-state index < -0.39 is 0 Å². The Morgan fingerprint density at radius 1 is 1.15 bits per heavy atom. The molecule has 20 heavy (non-hydrogen) atoms. The van der Waals surface area contributed by atoms with Crippen LogP contribution in [0.25, 0.3) is 0 Å². The molecule has 1 aliphatic carbocycles. The second-order valence-corrected chi connectivity index (χ2v) is 7.30. The number of hydrogen-bond acceptors (Lipinski definition) is 3. The smallest absolute Gasteiger partial charge is 0.0580 e. The van der Waals surface area contributed by atoms with Gasteiger partial charge >= 0.3 is 0 Å². The monoisotopic (exact) mass is 283 g/mol. The van der Waals surface area contributed by atoms with E-state index in [0.29, 0.717) is 18.6 Å². The Balaban J connectivity index is 1.91. The van der Waals surface area contributed by atoms with Crippen LogP contribution in [0, 0.1) is 17.8 Å². The van der Waals surface area contributed by atoms with Crippen molar-refractivity contribution in [3.05, 3.63) is 0 Å². The van der Waals surface area contributed by atoms with Gasteiger partial charge in [0.2, 0.25) is 0 Å². The summed E-state index contributed by atoms with van der Waals surface area (Å²) in [5, 5.41) is 19.6. The molecule has 2 N–H and O–H groups in total. The van der Waals surface area contributed by atoms with Crippen molar-refractivity contribution >= 4 is 0 Å². The molecule has 3 heteroatoms. The molecule has 1 saturated carbocycles. The van der Waals surface area contributed by atoms with Gasteiger partial charge in [-0.25, -0.2) is 0 Å². The van der Waals surface area contributed by atoms with Crippen molar-refractivity contribution in [1.29, 1.82) is 0 Å². The van der Waals surface area contributed by atoms with Gasteiger partial charge in [-0.1, -0.05) is 20.3 Å². The molecule has 1 heterocycles. The van der Waals surface area contributed by atoms with Gasteiger partial charge in [-0.3, -0.25) is 4.90 Å². The summed E-state index contributed by atoms with van der Waals surface area (Å²) in [6.07, 6.45) is 7.93. The normalized spacial score (nSPS) is 36.5. The molecule has 0 amide bonds. The summed E-state index contributed by atoms with van der Waals surface area (Å²) in [7, 11) is 0. The van der Waals surface area contributed by atoms with Crippen LogP contribution in [-0.4, -0.2) is 47.0 Å². The molecular weight excluding hydrogens is 250 g/mol.